The van der Waals surface area contributed by atoms with Crippen LogP contribution >= 0.6 is 0 Å². The lowest BCUT2D eigenvalue weighted by Crippen LogP contribution is -2.55. The summed E-state index contributed by atoms with van der Waals surface area (Å²) in [7, 11) is 0. The molecule has 37 heavy (non-hydrogen) atoms. The average molecular weight is 510 g/mol. The molecule has 1 aliphatic heterocycles. The summed E-state index contributed by atoms with van der Waals surface area (Å²) in [6.07, 6.45) is 14.0. The lowest BCUT2D eigenvalue weighted by atomic mass is 9.86. The summed E-state index contributed by atoms with van der Waals surface area (Å²) in [5.74, 6) is -0.898. The van der Waals surface area contributed by atoms with E-state index in [2.05, 4.69) is 10.6 Å². The van der Waals surface area contributed by atoms with Gasteiger partial charge in [-0.1, -0.05) is 81.7 Å². The zero-order valence-corrected chi connectivity index (χ0v) is 22.1. The van der Waals surface area contributed by atoms with Crippen molar-refractivity contribution in [3.63, 3.8) is 0 Å². The fraction of sp³-hybridized carbons (Fsp3) is 0.667. The monoisotopic (exact) mass is 509 g/mol. The van der Waals surface area contributed by atoms with Gasteiger partial charge in [-0.15, -0.1) is 0 Å². The van der Waals surface area contributed by atoms with E-state index in [9.17, 15) is 19.2 Å². The maximum atomic E-state index is 13.7. The Morgan fingerprint density at radius 1 is 0.838 bits per heavy atom. The van der Waals surface area contributed by atoms with Crippen molar-refractivity contribution in [2.24, 2.45) is 5.92 Å². The highest BCUT2D eigenvalue weighted by Gasteiger charge is 2.40. The number of carbonyl (C=O) groups excluding carboxylic acids is 4. The van der Waals surface area contributed by atoms with Gasteiger partial charge in [-0.05, 0) is 43.6 Å². The second-order valence-corrected chi connectivity index (χ2v) is 11.2. The van der Waals surface area contributed by atoms with Crippen molar-refractivity contribution in [3.05, 3.63) is 35.9 Å². The van der Waals surface area contributed by atoms with E-state index in [-0.39, 0.29) is 17.9 Å². The largest absolute Gasteiger partial charge is 0.347 e. The van der Waals surface area contributed by atoms with E-state index in [0.29, 0.717) is 38.1 Å². The first-order valence-electron chi connectivity index (χ1n) is 14.5. The Hall–Kier alpha value is -2.70. The van der Waals surface area contributed by atoms with E-state index in [0.717, 1.165) is 37.7 Å². The summed E-state index contributed by atoms with van der Waals surface area (Å²) in [5, 5.41) is 5.90. The number of nitrogens with one attached hydrogen (secondary N) is 2. The first-order chi connectivity index (χ1) is 18.0. The van der Waals surface area contributed by atoms with Gasteiger partial charge in [-0.2, -0.15) is 0 Å². The Labute approximate surface area is 221 Å². The minimum atomic E-state index is -0.756. The van der Waals surface area contributed by atoms with Crippen molar-refractivity contribution in [1.29, 1.82) is 0 Å². The van der Waals surface area contributed by atoms with Gasteiger partial charge < -0.3 is 15.5 Å². The van der Waals surface area contributed by atoms with Crippen molar-refractivity contribution in [3.8, 4) is 0 Å². The molecule has 3 fully saturated rings. The Balaban J connectivity index is 1.40. The predicted molar refractivity (Wildman–Crippen MR) is 143 cm³/mol. The predicted octanol–water partition coefficient (Wildman–Crippen LogP) is 4.08. The van der Waals surface area contributed by atoms with Crippen LogP contribution in [-0.4, -0.2) is 53.1 Å². The van der Waals surface area contributed by atoms with Gasteiger partial charge in [0, 0.05) is 25.4 Å². The summed E-state index contributed by atoms with van der Waals surface area (Å²) in [4.78, 5) is 54.1. The van der Waals surface area contributed by atoms with Crippen LogP contribution in [0, 0.1) is 5.92 Å². The first kappa shape index (κ1) is 27.3. The highest BCUT2D eigenvalue weighted by Crippen LogP contribution is 2.27. The minimum absolute atomic E-state index is 0.0463. The molecule has 202 valence electrons. The van der Waals surface area contributed by atoms with E-state index in [1.165, 1.54) is 43.4 Å². The molecule has 2 N–H and O–H groups in total. The number of Topliss-reactive ketones (excluding diaryl/α,β-unsaturated/α-hetero) is 1. The lowest BCUT2D eigenvalue weighted by Gasteiger charge is -2.29. The highest BCUT2D eigenvalue weighted by molar-refractivity contribution is 6.38. The molecular weight excluding hydrogens is 466 g/mol. The van der Waals surface area contributed by atoms with Crippen molar-refractivity contribution in [2.75, 3.05) is 6.54 Å². The number of likely N-dealkylation sites (tertiary alicyclic amines) is 1. The molecular formula is C30H43N3O4. The zero-order chi connectivity index (χ0) is 26.0. The van der Waals surface area contributed by atoms with Crippen LogP contribution in [0.4, 0.5) is 0 Å². The molecule has 1 aromatic carbocycles. The van der Waals surface area contributed by atoms with Crippen molar-refractivity contribution >= 4 is 23.5 Å². The van der Waals surface area contributed by atoms with Crippen LogP contribution in [0.3, 0.4) is 0 Å². The molecule has 7 heteroatoms. The van der Waals surface area contributed by atoms with Gasteiger partial charge in [0.2, 0.25) is 17.6 Å². The third kappa shape index (κ3) is 7.89. The van der Waals surface area contributed by atoms with Gasteiger partial charge in [-0.3, -0.25) is 19.2 Å². The van der Waals surface area contributed by atoms with Gasteiger partial charge in [0.05, 0.1) is 0 Å². The Morgan fingerprint density at radius 2 is 1.51 bits per heavy atom. The fourth-order valence-corrected chi connectivity index (χ4v) is 6.29. The Morgan fingerprint density at radius 3 is 2.22 bits per heavy atom. The van der Waals surface area contributed by atoms with E-state index >= 15 is 0 Å². The van der Waals surface area contributed by atoms with Crippen LogP contribution in [0.15, 0.2) is 30.3 Å². The topological polar surface area (TPSA) is 95.6 Å². The molecule has 3 amide bonds. The number of benzene rings is 1. The molecule has 0 bridgehead atoms. The molecule has 1 saturated heterocycles. The van der Waals surface area contributed by atoms with E-state index in [4.69, 9.17) is 0 Å². The second-order valence-electron chi connectivity index (χ2n) is 11.2. The van der Waals surface area contributed by atoms with E-state index < -0.39 is 23.8 Å². The lowest BCUT2D eigenvalue weighted by molar-refractivity contribution is -0.146. The number of rotatable bonds is 10. The molecule has 2 aliphatic carbocycles. The molecule has 3 aliphatic rings. The number of nitrogens with zero attached hydrogens (tertiary/aromatic N) is 1. The Bertz CT molecular complexity index is 922. The maximum absolute atomic E-state index is 13.7. The number of hydrogen-bond acceptors (Lipinski definition) is 4. The molecule has 1 heterocycles. The molecule has 4 rings (SSSR count). The summed E-state index contributed by atoms with van der Waals surface area (Å²) < 4.78 is 0. The maximum Gasteiger partial charge on any atom is 0.289 e. The molecule has 1 unspecified atom stereocenters. The van der Waals surface area contributed by atoms with Crippen LogP contribution in [0.2, 0.25) is 0 Å². The number of amides is 3. The van der Waals surface area contributed by atoms with Crippen LogP contribution < -0.4 is 10.6 Å². The normalized spacial score (nSPS) is 21.8. The number of carbonyl (C=O) groups is 4. The number of ketones is 1. The average Bonchev–Trinajstić information content (AvgIpc) is 3.42. The van der Waals surface area contributed by atoms with Gasteiger partial charge in [0.15, 0.2) is 0 Å². The first-order valence-corrected chi connectivity index (χ1v) is 14.5. The van der Waals surface area contributed by atoms with Crippen molar-refractivity contribution in [1.82, 2.24) is 15.5 Å². The summed E-state index contributed by atoms with van der Waals surface area (Å²) in [5.41, 5.74) is 0.950. The molecule has 1 aromatic rings. The molecule has 0 radical (unpaired) electrons. The summed E-state index contributed by atoms with van der Waals surface area (Å²) in [6, 6.07) is 8.18. The van der Waals surface area contributed by atoms with E-state index in [1.54, 1.807) is 0 Å². The van der Waals surface area contributed by atoms with Gasteiger partial charge in [-0.25, -0.2) is 0 Å². The fourth-order valence-electron chi connectivity index (χ4n) is 6.29. The quantitative estimate of drug-likeness (QED) is 0.465. The van der Waals surface area contributed by atoms with Gasteiger partial charge in [0.25, 0.3) is 5.91 Å². The van der Waals surface area contributed by atoms with Gasteiger partial charge in [0.1, 0.15) is 12.1 Å². The molecule has 0 spiro atoms. The SMILES string of the molecule is O=C(CCC1CCCCC1)N[C@@H](Cc1ccccc1)C(=O)N1CCCC1C(=O)C(=O)NC1CCCCC1. The van der Waals surface area contributed by atoms with Crippen LogP contribution in [-0.2, 0) is 25.6 Å². The standard InChI is InChI=1S/C30H43N3O4/c34-27(19-18-22-11-4-1-5-12-22)32-25(21-23-13-6-2-7-14-23)30(37)33-20-10-17-26(33)28(35)29(36)31-24-15-8-3-9-16-24/h2,6-7,13-14,22,24-26H,1,3-5,8-12,15-21H2,(H,31,36)(H,32,34)/t25-,26?/m0/s1. The minimum Gasteiger partial charge on any atom is -0.347 e. The molecule has 2 saturated carbocycles. The molecule has 2 atom stereocenters. The van der Waals surface area contributed by atoms with Crippen LogP contribution in [0.1, 0.15) is 95.5 Å². The highest BCUT2D eigenvalue weighted by atomic mass is 16.2. The Kier molecular flexibility index (Phi) is 10.1. The zero-order valence-electron chi connectivity index (χ0n) is 22.1. The smallest absolute Gasteiger partial charge is 0.289 e. The van der Waals surface area contributed by atoms with E-state index in [1.807, 2.05) is 30.3 Å². The molecule has 7 nitrogen and oxygen atoms in total. The molecule has 0 aromatic heterocycles. The van der Waals surface area contributed by atoms with Crippen LogP contribution in [0.5, 0.6) is 0 Å². The third-order valence-corrected chi connectivity index (χ3v) is 8.42. The number of hydrogen-bond donors (Lipinski definition) is 2. The third-order valence-electron chi connectivity index (χ3n) is 8.42. The summed E-state index contributed by atoms with van der Waals surface area (Å²) in [6.45, 7) is 0.426. The second kappa shape index (κ2) is 13.7. The van der Waals surface area contributed by atoms with Crippen molar-refractivity contribution < 1.29 is 19.2 Å². The van der Waals surface area contributed by atoms with Crippen molar-refractivity contribution in [2.45, 2.75) is 114 Å². The summed E-state index contributed by atoms with van der Waals surface area (Å²) >= 11 is 0. The van der Waals surface area contributed by atoms with Crippen LogP contribution in [0.25, 0.3) is 0 Å². The van der Waals surface area contributed by atoms with Gasteiger partial charge >= 0.3 is 0 Å².